The number of amides is 2. The van der Waals surface area contributed by atoms with Crippen LogP contribution in [0.3, 0.4) is 0 Å². The molecule has 0 fully saturated rings. The first-order chi connectivity index (χ1) is 12.2. The van der Waals surface area contributed by atoms with E-state index in [4.69, 9.17) is 5.21 Å². The normalized spacial score (nSPS) is 10.8. The molecule has 3 rings (SSSR count). The van der Waals surface area contributed by atoms with Crippen LogP contribution in [0.5, 0.6) is 0 Å². The van der Waals surface area contributed by atoms with E-state index in [0.717, 1.165) is 22.0 Å². The predicted molar refractivity (Wildman–Crippen MR) is 97.3 cm³/mol. The molecule has 0 saturated carbocycles. The van der Waals surface area contributed by atoms with E-state index in [9.17, 15) is 9.59 Å². The lowest BCUT2D eigenvalue weighted by molar-refractivity contribution is -0.111. The van der Waals surface area contributed by atoms with E-state index < -0.39 is 5.91 Å². The molecule has 0 aliphatic carbocycles. The SMILES string of the molecule is O=C(C=Cc1ccc(C(=O)NO)cc1)Nc1cccc2ccccc12. The van der Waals surface area contributed by atoms with Gasteiger partial charge in [-0.3, -0.25) is 14.8 Å². The minimum Gasteiger partial charge on any atom is -0.322 e. The van der Waals surface area contributed by atoms with E-state index in [-0.39, 0.29) is 5.91 Å². The Morgan fingerprint density at radius 1 is 0.880 bits per heavy atom. The number of anilines is 1. The van der Waals surface area contributed by atoms with Gasteiger partial charge in [-0.05, 0) is 35.2 Å². The van der Waals surface area contributed by atoms with Gasteiger partial charge in [-0.1, -0.05) is 48.5 Å². The van der Waals surface area contributed by atoms with E-state index >= 15 is 0 Å². The number of hydrogen-bond acceptors (Lipinski definition) is 3. The first-order valence-corrected chi connectivity index (χ1v) is 7.69. The van der Waals surface area contributed by atoms with Gasteiger partial charge in [0.2, 0.25) is 5.91 Å². The number of nitrogens with one attached hydrogen (secondary N) is 2. The van der Waals surface area contributed by atoms with E-state index in [0.29, 0.717) is 5.56 Å². The molecule has 0 radical (unpaired) electrons. The van der Waals surface area contributed by atoms with Crippen LogP contribution in [-0.2, 0) is 4.79 Å². The molecule has 0 saturated heterocycles. The molecule has 3 aromatic carbocycles. The monoisotopic (exact) mass is 332 g/mol. The van der Waals surface area contributed by atoms with Crippen molar-refractivity contribution in [3.05, 3.63) is 83.9 Å². The second-order valence-corrected chi connectivity index (χ2v) is 5.41. The maximum atomic E-state index is 12.2. The van der Waals surface area contributed by atoms with Gasteiger partial charge < -0.3 is 5.32 Å². The number of hydrogen-bond donors (Lipinski definition) is 3. The van der Waals surface area contributed by atoms with Gasteiger partial charge in [0.1, 0.15) is 0 Å². The molecule has 5 nitrogen and oxygen atoms in total. The van der Waals surface area contributed by atoms with Crippen LogP contribution in [0.25, 0.3) is 16.8 Å². The maximum absolute atomic E-state index is 12.2. The Morgan fingerprint density at radius 2 is 1.60 bits per heavy atom. The number of carbonyl (C=O) groups is 2. The smallest absolute Gasteiger partial charge is 0.274 e. The minimum absolute atomic E-state index is 0.242. The van der Waals surface area contributed by atoms with Crippen molar-refractivity contribution in [2.45, 2.75) is 0 Å². The summed E-state index contributed by atoms with van der Waals surface area (Å²) in [5.74, 6) is -0.822. The third-order valence-electron chi connectivity index (χ3n) is 3.75. The van der Waals surface area contributed by atoms with Crippen molar-refractivity contribution in [2.24, 2.45) is 0 Å². The summed E-state index contributed by atoms with van der Waals surface area (Å²) < 4.78 is 0. The van der Waals surface area contributed by atoms with Gasteiger partial charge in [0, 0.05) is 22.7 Å². The molecular weight excluding hydrogens is 316 g/mol. The van der Waals surface area contributed by atoms with Crippen molar-refractivity contribution in [2.75, 3.05) is 5.32 Å². The molecule has 5 heteroatoms. The highest BCUT2D eigenvalue weighted by molar-refractivity contribution is 6.07. The van der Waals surface area contributed by atoms with Crippen LogP contribution in [0.2, 0.25) is 0 Å². The van der Waals surface area contributed by atoms with E-state index in [1.807, 2.05) is 42.5 Å². The molecule has 0 aliphatic heterocycles. The average molecular weight is 332 g/mol. The summed E-state index contributed by atoms with van der Waals surface area (Å²) in [7, 11) is 0. The fourth-order valence-electron chi connectivity index (χ4n) is 2.49. The Hall–Kier alpha value is -3.44. The second kappa shape index (κ2) is 7.42. The third-order valence-corrected chi connectivity index (χ3v) is 3.75. The van der Waals surface area contributed by atoms with Gasteiger partial charge in [-0.25, -0.2) is 5.48 Å². The standard InChI is InChI=1S/C20H16N2O3/c23-19(13-10-14-8-11-16(12-9-14)20(24)22-25)21-18-7-3-5-15-4-1-2-6-17(15)18/h1-13,25H,(H,21,23)(H,22,24). The number of hydroxylamine groups is 1. The Kier molecular flexibility index (Phi) is 4.87. The Bertz CT molecular complexity index is 941. The third kappa shape index (κ3) is 3.91. The number of fused-ring (bicyclic) bond motifs is 1. The summed E-state index contributed by atoms with van der Waals surface area (Å²) in [6, 6.07) is 20.1. The molecule has 0 aliphatic rings. The fourth-order valence-corrected chi connectivity index (χ4v) is 2.49. The highest BCUT2D eigenvalue weighted by Gasteiger charge is 2.04. The van der Waals surface area contributed by atoms with Crippen LogP contribution in [0.1, 0.15) is 15.9 Å². The fraction of sp³-hybridized carbons (Fsp3) is 0. The summed E-state index contributed by atoms with van der Waals surface area (Å²) in [5.41, 5.74) is 3.42. The van der Waals surface area contributed by atoms with Gasteiger partial charge >= 0.3 is 0 Å². The van der Waals surface area contributed by atoms with E-state index in [1.54, 1.807) is 35.8 Å². The molecule has 0 spiro atoms. The molecule has 3 N–H and O–H groups in total. The lowest BCUT2D eigenvalue weighted by Gasteiger charge is -2.06. The van der Waals surface area contributed by atoms with Gasteiger partial charge in [-0.2, -0.15) is 0 Å². The highest BCUT2D eigenvalue weighted by Crippen LogP contribution is 2.22. The van der Waals surface area contributed by atoms with Crippen molar-refractivity contribution in [1.29, 1.82) is 0 Å². The van der Waals surface area contributed by atoms with Crippen molar-refractivity contribution < 1.29 is 14.8 Å². The van der Waals surface area contributed by atoms with Crippen LogP contribution in [-0.4, -0.2) is 17.0 Å². The van der Waals surface area contributed by atoms with E-state index in [1.165, 1.54) is 6.08 Å². The van der Waals surface area contributed by atoms with Crippen LogP contribution >= 0.6 is 0 Å². The second-order valence-electron chi connectivity index (χ2n) is 5.41. The summed E-state index contributed by atoms with van der Waals surface area (Å²) in [6.45, 7) is 0. The lowest BCUT2D eigenvalue weighted by Crippen LogP contribution is -2.18. The summed E-state index contributed by atoms with van der Waals surface area (Å²) >= 11 is 0. The van der Waals surface area contributed by atoms with E-state index in [2.05, 4.69) is 5.32 Å². The van der Waals surface area contributed by atoms with Crippen LogP contribution in [0.15, 0.2) is 72.8 Å². The lowest BCUT2D eigenvalue weighted by atomic mass is 10.1. The van der Waals surface area contributed by atoms with Crippen molar-refractivity contribution in [1.82, 2.24) is 5.48 Å². The number of benzene rings is 3. The zero-order chi connectivity index (χ0) is 17.6. The zero-order valence-electron chi connectivity index (χ0n) is 13.3. The Morgan fingerprint density at radius 3 is 2.36 bits per heavy atom. The van der Waals surface area contributed by atoms with Gasteiger partial charge in [0.05, 0.1) is 0 Å². The number of carbonyl (C=O) groups excluding carboxylic acids is 2. The topological polar surface area (TPSA) is 78.4 Å². The van der Waals surface area contributed by atoms with Crippen molar-refractivity contribution in [3.8, 4) is 0 Å². The number of rotatable bonds is 4. The summed E-state index contributed by atoms with van der Waals surface area (Å²) in [4.78, 5) is 23.4. The molecular formula is C20H16N2O3. The average Bonchev–Trinajstić information content (AvgIpc) is 2.66. The van der Waals surface area contributed by atoms with Gasteiger partial charge in [-0.15, -0.1) is 0 Å². The quantitative estimate of drug-likeness (QED) is 0.388. The van der Waals surface area contributed by atoms with Gasteiger partial charge in [0.15, 0.2) is 0 Å². The molecule has 0 atom stereocenters. The maximum Gasteiger partial charge on any atom is 0.274 e. The Labute approximate surface area is 144 Å². The minimum atomic E-state index is -0.579. The molecule has 124 valence electrons. The van der Waals surface area contributed by atoms with Gasteiger partial charge in [0.25, 0.3) is 5.91 Å². The highest BCUT2D eigenvalue weighted by atomic mass is 16.5. The summed E-state index contributed by atoms with van der Waals surface area (Å²) in [5, 5.41) is 13.5. The molecule has 0 unspecified atom stereocenters. The summed E-state index contributed by atoms with van der Waals surface area (Å²) in [6.07, 6.45) is 3.09. The zero-order valence-corrected chi connectivity index (χ0v) is 13.3. The molecule has 25 heavy (non-hydrogen) atoms. The van der Waals surface area contributed by atoms with Crippen LogP contribution in [0, 0.1) is 0 Å². The molecule has 0 heterocycles. The predicted octanol–water partition coefficient (Wildman–Crippen LogP) is 3.61. The van der Waals surface area contributed by atoms with Crippen LogP contribution < -0.4 is 10.8 Å². The molecule has 0 bridgehead atoms. The Balaban J connectivity index is 1.71. The van der Waals surface area contributed by atoms with Crippen molar-refractivity contribution in [3.63, 3.8) is 0 Å². The molecule has 0 aromatic heterocycles. The van der Waals surface area contributed by atoms with Crippen LogP contribution in [0.4, 0.5) is 5.69 Å². The van der Waals surface area contributed by atoms with Crippen molar-refractivity contribution >= 4 is 34.4 Å². The first kappa shape index (κ1) is 16.4. The molecule has 3 aromatic rings. The molecule has 2 amide bonds. The first-order valence-electron chi connectivity index (χ1n) is 7.69. The largest absolute Gasteiger partial charge is 0.322 e.